The fraction of sp³-hybridized carbons (Fsp3) is 0.250. The summed E-state index contributed by atoms with van der Waals surface area (Å²) in [4.78, 5) is 3.67. The van der Waals surface area contributed by atoms with E-state index in [1.165, 1.54) is 12.1 Å². The number of aromatic nitrogens is 2. The minimum atomic E-state index is -3.89. The molecule has 0 aliphatic heterocycles. The van der Waals surface area contributed by atoms with E-state index < -0.39 is 15.8 Å². The Kier molecular flexibility index (Phi) is 4.05. The Morgan fingerprint density at radius 3 is 2.80 bits per heavy atom. The number of hydrogen-bond donors (Lipinski definition) is 2. The number of nitrogens with zero attached hydrogens (tertiary/aromatic N) is 2. The van der Waals surface area contributed by atoms with E-state index in [0.29, 0.717) is 6.54 Å². The highest BCUT2D eigenvalue weighted by atomic mass is 32.2. The second-order valence-electron chi connectivity index (χ2n) is 4.49. The number of nitrogens with two attached hydrogens (primary N) is 1. The number of nitrogens with one attached hydrogen (secondary N) is 1. The van der Waals surface area contributed by atoms with Crippen molar-refractivity contribution in [3.05, 3.63) is 42.7 Å². The summed E-state index contributed by atoms with van der Waals surface area (Å²) in [6.45, 7) is 2.49. The number of imidazole rings is 1. The van der Waals surface area contributed by atoms with Crippen LogP contribution in [0.3, 0.4) is 0 Å². The maximum absolute atomic E-state index is 13.8. The monoisotopic (exact) mass is 298 g/mol. The molecule has 20 heavy (non-hydrogen) atoms. The van der Waals surface area contributed by atoms with Gasteiger partial charge in [-0.25, -0.2) is 22.9 Å². The molecule has 8 heteroatoms. The third-order valence-corrected chi connectivity index (χ3v) is 3.63. The van der Waals surface area contributed by atoms with Crippen molar-refractivity contribution in [1.82, 2.24) is 9.55 Å². The number of halogens is 1. The molecule has 0 aliphatic carbocycles. The van der Waals surface area contributed by atoms with Crippen LogP contribution in [0.5, 0.6) is 0 Å². The molecule has 1 heterocycles. The molecule has 1 aromatic heterocycles. The molecule has 0 aliphatic rings. The molecule has 0 bridgehead atoms. The van der Waals surface area contributed by atoms with Crippen molar-refractivity contribution in [3.63, 3.8) is 0 Å². The van der Waals surface area contributed by atoms with Crippen LogP contribution in [0.1, 0.15) is 6.92 Å². The van der Waals surface area contributed by atoms with Crippen molar-refractivity contribution in [2.45, 2.75) is 24.4 Å². The van der Waals surface area contributed by atoms with E-state index in [1.807, 2.05) is 11.5 Å². The van der Waals surface area contributed by atoms with Gasteiger partial charge in [-0.1, -0.05) is 0 Å². The summed E-state index contributed by atoms with van der Waals surface area (Å²) in [7, 11) is -3.89. The van der Waals surface area contributed by atoms with Crippen LogP contribution in [0.15, 0.2) is 41.8 Å². The Morgan fingerprint density at radius 2 is 2.25 bits per heavy atom. The first-order valence-corrected chi connectivity index (χ1v) is 7.45. The van der Waals surface area contributed by atoms with Crippen molar-refractivity contribution in [2.24, 2.45) is 5.14 Å². The van der Waals surface area contributed by atoms with Gasteiger partial charge in [-0.2, -0.15) is 0 Å². The average molecular weight is 298 g/mol. The zero-order valence-corrected chi connectivity index (χ0v) is 11.6. The molecule has 108 valence electrons. The number of primary sulfonamides is 1. The lowest BCUT2D eigenvalue weighted by molar-refractivity contribution is 0.588. The van der Waals surface area contributed by atoms with Gasteiger partial charge in [0.2, 0.25) is 10.0 Å². The molecule has 0 saturated heterocycles. The van der Waals surface area contributed by atoms with Crippen molar-refractivity contribution >= 4 is 15.7 Å². The highest BCUT2D eigenvalue weighted by molar-refractivity contribution is 7.89. The predicted molar refractivity (Wildman–Crippen MR) is 73.1 cm³/mol. The van der Waals surface area contributed by atoms with E-state index in [4.69, 9.17) is 5.14 Å². The van der Waals surface area contributed by atoms with E-state index in [-0.39, 0.29) is 16.6 Å². The number of anilines is 1. The molecule has 6 nitrogen and oxygen atoms in total. The van der Waals surface area contributed by atoms with Gasteiger partial charge < -0.3 is 9.88 Å². The lowest BCUT2D eigenvalue weighted by Crippen LogP contribution is -2.22. The summed E-state index contributed by atoms with van der Waals surface area (Å²) in [5, 5.41) is 7.91. The first-order valence-electron chi connectivity index (χ1n) is 5.91. The quantitative estimate of drug-likeness (QED) is 0.867. The van der Waals surface area contributed by atoms with Crippen molar-refractivity contribution in [2.75, 3.05) is 5.32 Å². The van der Waals surface area contributed by atoms with Crippen LogP contribution in [0, 0.1) is 5.82 Å². The van der Waals surface area contributed by atoms with Gasteiger partial charge in [-0.05, 0) is 25.1 Å². The number of hydrogen-bond acceptors (Lipinski definition) is 4. The Bertz CT molecular complexity index is 685. The summed E-state index contributed by atoms with van der Waals surface area (Å²) < 4.78 is 37.9. The van der Waals surface area contributed by atoms with Crippen LogP contribution in [0.4, 0.5) is 10.1 Å². The molecule has 0 radical (unpaired) electrons. The van der Waals surface area contributed by atoms with E-state index in [0.717, 1.165) is 6.07 Å². The Balaban J connectivity index is 2.10. The molecular weight excluding hydrogens is 283 g/mol. The third kappa shape index (κ3) is 3.55. The second kappa shape index (κ2) is 5.59. The van der Waals surface area contributed by atoms with Gasteiger partial charge in [-0.15, -0.1) is 0 Å². The van der Waals surface area contributed by atoms with Gasteiger partial charge >= 0.3 is 0 Å². The van der Waals surface area contributed by atoms with Crippen LogP contribution in [-0.2, 0) is 16.6 Å². The molecule has 1 aromatic carbocycles. The average Bonchev–Trinajstić information content (AvgIpc) is 2.83. The Morgan fingerprint density at radius 1 is 1.50 bits per heavy atom. The zero-order valence-electron chi connectivity index (χ0n) is 10.8. The van der Waals surface area contributed by atoms with E-state index in [1.54, 1.807) is 18.7 Å². The van der Waals surface area contributed by atoms with Gasteiger partial charge in [0.25, 0.3) is 0 Å². The maximum Gasteiger partial charge on any atom is 0.238 e. The molecule has 0 saturated carbocycles. The lowest BCUT2D eigenvalue weighted by Gasteiger charge is -2.16. The predicted octanol–water partition coefficient (Wildman–Crippen LogP) is 1.17. The molecule has 0 amide bonds. The van der Waals surface area contributed by atoms with Crippen molar-refractivity contribution in [3.8, 4) is 0 Å². The molecule has 1 atom stereocenters. The minimum absolute atomic E-state index is 0.0565. The molecule has 3 N–H and O–H groups in total. The van der Waals surface area contributed by atoms with E-state index in [9.17, 15) is 12.8 Å². The van der Waals surface area contributed by atoms with Gasteiger partial charge in [0.1, 0.15) is 5.82 Å². The molecule has 2 rings (SSSR count). The first-order chi connectivity index (χ1) is 9.36. The van der Waals surface area contributed by atoms with E-state index in [2.05, 4.69) is 10.3 Å². The van der Waals surface area contributed by atoms with Crippen LogP contribution in [-0.4, -0.2) is 24.0 Å². The standard InChI is InChI=1S/C12H15FN4O2S/c1-9(7-17-5-4-15-8-17)16-12-3-2-10(6-11(12)13)20(14,18)19/h2-6,8-9,16H,7H2,1H3,(H2,14,18,19). The van der Waals surface area contributed by atoms with Crippen LogP contribution < -0.4 is 10.5 Å². The second-order valence-corrected chi connectivity index (χ2v) is 6.05. The lowest BCUT2D eigenvalue weighted by atomic mass is 10.2. The number of benzene rings is 1. The molecule has 0 spiro atoms. The van der Waals surface area contributed by atoms with Crippen LogP contribution in [0.2, 0.25) is 0 Å². The Hall–Kier alpha value is -1.93. The minimum Gasteiger partial charge on any atom is -0.378 e. The topological polar surface area (TPSA) is 90.0 Å². The molecule has 2 aromatic rings. The third-order valence-electron chi connectivity index (χ3n) is 2.71. The number of rotatable bonds is 5. The van der Waals surface area contributed by atoms with Gasteiger partial charge in [0, 0.05) is 25.0 Å². The summed E-state index contributed by atoms with van der Waals surface area (Å²) in [5.41, 5.74) is 0.227. The van der Waals surface area contributed by atoms with Gasteiger partial charge in [0.05, 0.1) is 16.9 Å². The summed E-state index contributed by atoms with van der Waals surface area (Å²) in [6, 6.07) is 3.48. The smallest absolute Gasteiger partial charge is 0.238 e. The van der Waals surface area contributed by atoms with Crippen LogP contribution >= 0.6 is 0 Å². The normalized spacial score (nSPS) is 13.2. The number of sulfonamides is 1. The Labute approximate surface area is 116 Å². The van der Waals surface area contributed by atoms with Gasteiger partial charge in [-0.3, -0.25) is 0 Å². The largest absolute Gasteiger partial charge is 0.378 e. The fourth-order valence-corrected chi connectivity index (χ4v) is 2.34. The molecular formula is C12H15FN4O2S. The molecule has 0 fully saturated rings. The molecule has 1 unspecified atom stereocenters. The summed E-state index contributed by atoms with van der Waals surface area (Å²) in [6.07, 6.45) is 5.13. The van der Waals surface area contributed by atoms with Crippen molar-refractivity contribution in [1.29, 1.82) is 0 Å². The fourth-order valence-electron chi connectivity index (χ4n) is 1.81. The van der Waals surface area contributed by atoms with Gasteiger partial charge in [0.15, 0.2) is 0 Å². The van der Waals surface area contributed by atoms with E-state index >= 15 is 0 Å². The summed E-state index contributed by atoms with van der Waals surface area (Å²) >= 11 is 0. The maximum atomic E-state index is 13.8. The summed E-state index contributed by atoms with van der Waals surface area (Å²) in [5.74, 6) is -0.658. The zero-order chi connectivity index (χ0) is 14.8. The highest BCUT2D eigenvalue weighted by Gasteiger charge is 2.13. The highest BCUT2D eigenvalue weighted by Crippen LogP contribution is 2.19. The first kappa shape index (κ1) is 14.5. The van der Waals surface area contributed by atoms with Crippen molar-refractivity contribution < 1.29 is 12.8 Å². The van der Waals surface area contributed by atoms with Crippen LogP contribution in [0.25, 0.3) is 0 Å². The SMILES string of the molecule is CC(Cn1ccnc1)Nc1ccc(S(N)(=O)=O)cc1F.